The van der Waals surface area contributed by atoms with Crippen LogP contribution in [0.3, 0.4) is 0 Å². The minimum absolute atomic E-state index is 0.969. The molecule has 0 aliphatic rings. The molecule has 1 aromatic heterocycles. The Labute approximate surface area is 125 Å². The second kappa shape index (κ2) is 6.71. The maximum absolute atomic E-state index is 4.06. The summed E-state index contributed by atoms with van der Waals surface area (Å²) in [6.45, 7) is 0. The minimum Gasteiger partial charge on any atom is -0.306 e. The molecule has 0 N–H and O–H groups in total. The van der Waals surface area contributed by atoms with Crippen LogP contribution in [-0.4, -0.2) is 9.55 Å². The molecule has 3 rings (SSSR count). The zero-order valence-electron chi connectivity index (χ0n) is 11.9. The van der Waals surface area contributed by atoms with E-state index in [0.717, 1.165) is 18.5 Å². The van der Waals surface area contributed by atoms with Crippen LogP contribution in [0.1, 0.15) is 11.1 Å². The van der Waals surface area contributed by atoms with Gasteiger partial charge in [0.05, 0.1) is 6.33 Å². The van der Waals surface area contributed by atoms with Gasteiger partial charge >= 0.3 is 0 Å². The fourth-order valence-electron chi connectivity index (χ4n) is 2.27. The largest absolute Gasteiger partial charge is 0.306 e. The maximum Gasteiger partial charge on any atom is 0.0991 e. The molecule has 2 aromatic carbocycles. The predicted molar refractivity (Wildman–Crippen MR) is 86.6 cm³/mol. The molecule has 3 aromatic rings. The van der Waals surface area contributed by atoms with Crippen LogP contribution in [0.5, 0.6) is 0 Å². The normalized spacial score (nSPS) is 11.0. The van der Waals surface area contributed by atoms with E-state index < -0.39 is 0 Å². The smallest absolute Gasteiger partial charge is 0.0991 e. The number of hydrogen-bond donors (Lipinski definition) is 0. The Bertz CT molecular complexity index is 680. The molecule has 21 heavy (non-hydrogen) atoms. The second-order valence-corrected chi connectivity index (χ2v) is 5.00. The van der Waals surface area contributed by atoms with Crippen LogP contribution in [0.2, 0.25) is 0 Å². The molecular weight excluding hydrogens is 256 g/mol. The van der Waals surface area contributed by atoms with Gasteiger partial charge in [0.25, 0.3) is 0 Å². The minimum atomic E-state index is 0.969. The quantitative estimate of drug-likeness (QED) is 0.637. The maximum atomic E-state index is 4.06. The van der Waals surface area contributed by atoms with Crippen LogP contribution in [-0.2, 0) is 12.8 Å². The summed E-state index contributed by atoms with van der Waals surface area (Å²) in [4.78, 5) is 4.06. The van der Waals surface area contributed by atoms with Crippen molar-refractivity contribution in [2.75, 3.05) is 0 Å². The molecule has 0 radical (unpaired) electrons. The molecule has 0 fully saturated rings. The Hall–Kier alpha value is -2.61. The summed E-state index contributed by atoms with van der Waals surface area (Å²) < 4.78 is 2.01. The molecule has 0 spiro atoms. The van der Waals surface area contributed by atoms with E-state index in [1.165, 1.54) is 11.1 Å². The van der Waals surface area contributed by atoms with E-state index in [2.05, 4.69) is 71.7 Å². The monoisotopic (exact) mass is 274 g/mol. The van der Waals surface area contributed by atoms with Gasteiger partial charge in [-0.05, 0) is 36.1 Å². The average Bonchev–Trinajstić information content (AvgIpc) is 3.08. The standard InChI is InChI=1S/C19H18N2/c1-2-6-17(7-3-1)8-4-5-9-18-10-12-19(13-11-18)21-15-14-20-16-21/h1-7,10-16H,8-9H2/b5-4+. The molecule has 0 unspecified atom stereocenters. The number of imidazole rings is 1. The third-order valence-electron chi connectivity index (χ3n) is 3.46. The molecule has 0 aliphatic heterocycles. The Morgan fingerprint density at radius 3 is 2.10 bits per heavy atom. The van der Waals surface area contributed by atoms with Crippen molar-refractivity contribution >= 4 is 0 Å². The van der Waals surface area contributed by atoms with Crippen LogP contribution in [0.25, 0.3) is 5.69 Å². The van der Waals surface area contributed by atoms with Gasteiger partial charge in [-0.1, -0.05) is 54.6 Å². The van der Waals surface area contributed by atoms with E-state index in [0.29, 0.717) is 0 Å². The van der Waals surface area contributed by atoms with Crippen molar-refractivity contribution in [3.8, 4) is 5.69 Å². The van der Waals surface area contributed by atoms with Crippen LogP contribution in [0.4, 0.5) is 0 Å². The highest BCUT2D eigenvalue weighted by Crippen LogP contribution is 2.10. The molecule has 0 saturated carbocycles. The highest BCUT2D eigenvalue weighted by atomic mass is 15.0. The number of nitrogens with zero attached hydrogens (tertiary/aromatic N) is 2. The molecule has 0 bridgehead atoms. The van der Waals surface area contributed by atoms with Gasteiger partial charge in [0.15, 0.2) is 0 Å². The third-order valence-corrected chi connectivity index (χ3v) is 3.46. The lowest BCUT2D eigenvalue weighted by molar-refractivity contribution is 1.05. The predicted octanol–water partition coefficient (Wildman–Crippen LogP) is 4.21. The average molecular weight is 274 g/mol. The Morgan fingerprint density at radius 1 is 0.810 bits per heavy atom. The number of rotatable bonds is 5. The van der Waals surface area contributed by atoms with Gasteiger partial charge in [-0.25, -0.2) is 4.98 Å². The molecule has 2 nitrogen and oxygen atoms in total. The van der Waals surface area contributed by atoms with E-state index in [-0.39, 0.29) is 0 Å². The van der Waals surface area contributed by atoms with Crippen molar-refractivity contribution < 1.29 is 0 Å². The van der Waals surface area contributed by atoms with E-state index in [1.54, 1.807) is 6.20 Å². The molecular formula is C19H18N2. The molecule has 0 aliphatic carbocycles. The van der Waals surface area contributed by atoms with Gasteiger partial charge in [-0.15, -0.1) is 0 Å². The number of allylic oxidation sites excluding steroid dienone is 2. The van der Waals surface area contributed by atoms with Crippen molar-refractivity contribution in [3.05, 3.63) is 96.6 Å². The molecule has 2 heteroatoms. The Kier molecular flexibility index (Phi) is 4.27. The lowest BCUT2D eigenvalue weighted by Crippen LogP contribution is -1.90. The fraction of sp³-hybridized carbons (Fsp3) is 0.105. The number of benzene rings is 2. The lowest BCUT2D eigenvalue weighted by Gasteiger charge is -2.03. The Morgan fingerprint density at radius 2 is 1.48 bits per heavy atom. The van der Waals surface area contributed by atoms with E-state index in [9.17, 15) is 0 Å². The van der Waals surface area contributed by atoms with E-state index >= 15 is 0 Å². The SMILES string of the molecule is C(=C\Cc1ccc(-n2ccnc2)cc1)/Cc1ccccc1. The van der Waals surface area contributed by atoms with Crippen molar-refractivity contribution in [1.29, 1.82) is 0 Å². The van der Waals surface area contributed by atoms with Gasteiger partial charge < -0.3 is 4.57 Å². The van der Waals surface area contributed by atoms with Crippen LogP contribution >= 0.6 is 0 Å². The van der Waals surface area contributed by atoms with Crippen molar-refractivity contribution in [2.24, 2.45) is 0 Å². The van der Waals surface area contributed by atoms with Gasteiger partial charge in [-0.2, -0.15) is 0 Å². The zero-order chi connectivity index (χ0) is 14.3. The van der Waals surface area contributed by atoms with Crippen LogP contribution in [0, 0.1) is 0 Å². The second-order valence-electron chi connectivity index (χ2n) is 5.00. The first kappa shape index (κ1) is 13.4. The fourth-order valence-corrected chi connectivity index (χ4v) is 2.27. The first-order chi connectivity index (χ1) is 10.4. The van der Waals surface area contributed by atoms with Crippen LogP contribution < -0.4 is 0 Å². The Balaban J connectivity index is 1.56. The van der Waals surface area contributed by atoms with E-state index in [4.69, 9.17) is 0 Å². The van der Waals surface area contributed by atoms with Gasteiger partial charge in [0, 0.05) is 18.1 Å². The zero-order valence-corrected chi connectivity index (χ0v) is 11.9. The molecule has 0 amide bonds. The topological polar surface area (TPSA) is 17.8 Å². The summed E-state index contributed by atoms with van der Waals surface area (Å²) in [5.41, 5.74) is 3.82. The molecule has 104 valence electrons. The van der Waals surface area contributed by atoms with Gasteiger partial charge in [0.1, 0.15) is 0 Å². The molecule has 0 atom stereocenters. The third kappa shape index (κ3) is 3.69. The summed E-state index contributed by atoms with van der Waals surface area (Å²) in [5, 5.41) is 0. The summed E-state index contributed by atoms with van der Waals surface area (Å²) in [5.74, 6) is 0. The summed E-state index contributed by atoms with van der Waals surface area (Å²) in [6.07, 6.45) is 12.0. The van der Waals surface area contributed by atoms with Gasteiger partial charge in [-0.3, -0.25) is 0 Å². The molecule has 1 heterocycles. The highest BCUT2D eigenvalue weighted by molar-refractivity contribution is 5.35. The van der Waals surface area contributed by atoms with Crippen molar-refractivity contribution in [1.82, 2.24) is 9.55 Å². The summed E-state index contributed by atoms with van der Waals surface area (Å²) in [6, 6.07) is 19.1. The number of aromatic nitrogens is 2. The van der Waals surface area contributed by atoms with Crippen molar-refractivity contribution in [2.45, 2.75) is 12.8 Å². The lowest BCUT2D eigenvalue weighted by atomic mass is 10.1. The van der Waals surface area contributed by atoms with Crippen LogP contribution in [0.15, 0.2) is 85.5 Å². The first-order valence-electron chi connectivity index (χ1n) is 7.18. The molecule has 0 saturated heterocycles. The summed E-state index contributed by atoms with van der Waals surface area (Å²) in [7, 11) is 0. The van der Waals surface area contributed by atoms with E-state index in [1.807, 2.05) is 17.1 Å². The van der Waals surface area contributed by atoms with Crippen molar-refractivity contribution in [3.63, 3.8) is 0 Å². The summed E-state index contributed by atoms with van der Waals surface area (Å²) >= 11 is 0. The first-order valence-corrected chi connectivity index (χ1v) is 7.18. The number of hydrogen-bond acceptors (Lipinski definition) is 1. The van der Waals surface area contributed by atoms with Gasteiger partial charge in [0.2, 0.25) is 0 Å². The highest BCUT2D eigenvalue weighted by Gasteiger charge is 1.95.